The summed E-state index contributed by atoms with van der Waals surface area (Å²) in [6.07, 6.45) is 4.89. The quantitative estimate of drug-likeness (QED) is 0.513. The zero-order valence-corrected chi connectivity index (χ0v) is 16.0. The van der Waals surface area contributed by atoms with Crippen LogP contribution >= 0.6 is 0 Å². The van der Waals surface area contributed by atoms with Gasteiger partial charge in [0.2, 0.25) is 5.91 Å². The highest BCUT2D eigenvalue weighted by molar-refractivity contribution is 5.91. The second kappa shape index (κ2) is 10.0. The van der Waals surface area contributed by atoms with Crippen LogP contribution in [0.25, 0.3) is 6.08 Å². The van der Waals surface area contributed by atoms with Gasteiger partial charge in [0.25, 0.3) is 0 Å². The van der Waals surface area contributed by atoms with Crippen molar-refractivity contribution in [2.24, 2.45) is 0 Å². The molecule has 27 heavy (non-hydrogen) atoms. The second-order valence-corrected chi connectivity index (χ2v) is 5.86. The van der Waals surface area contributed by atoms with Crippen molar-refractivity contribution in [3.8, 4) is 11.5 Å². The van der Waals surface area contributed by atoms with E-state index in [1.165, 1.54) is 6.08 Å². The number of carbonyl (C=O) groups excluding carboxylic acids is 1. The van der Waals surface area contributed by atoms with E-state index in [2.05, 4.69) is 20.8 Å². The topological polar surface area (TPSA) is 88.6 Å². The maximum atomic E-state index is 11.9. The summed E-state index contributed by atoms with van der Waals surface area (Å²) in [6, 6.07) is 7.35. The molecule has 0 atom stereocenters. The number of rotatable bonds is 9. The molecular weight excluding hydrogens is 346 g/mol. The minimum atomic E-state index is -0.181. The van der Waals surface area contributed by atoms with Gasteiger partial charge in [-0.05, 0) is 23.8 Å². The number of amides is 1. The minimum Gasteiger partial charge on any atom is -0.493 e. The van der Waals surface area contributed by atoms with E-state index in [1.807, 2.05) is 31.1 Å². The number of hydrogen-bond donors (Lipinski definition) is 2. The molecule has 0 saturated heterocycles. The summed E-state index contributed by atoms with van der Waals surface area (Å²) < 4.78 is 10.4. The van der Waals surface area contributed by atoms with E-state index in [0.29, 0.717) is 30.4 Å². The molecule has 1 heterocycles. The summed E-state index contributed by atoms with van der Waals surface area (Å²) >= 11 is 0. The first kappa shape index (κ1) is 20.0. The zero-order valence-electron chi connectivity index (χ0n) is 16.0. The monoisotopic (exact) mass is 371 g/mol. The third kappa shape index (κ3) is 6.18. The van der Waals surface area contributed by atoms with Crippen LogP contribution in [-0.2, 0) is 4.79 Å². The number of aromatic nitrogens is 2. The standard InChI is InChI=1S/C19H25N5O3/c1-24(2)15-12-18(23-22-13-15)20-9-10-21-19(25)8-6-14-5-7-16(26-3)17(11-14)27-4/h5-8,11-13H,9-10H2,1-4H3,(H,20,23)(H,21,25)/b8-6+. The molecule has 0 aliphatic heterocycles. The van der Waals surface area contributed by atoms with Crippen molar-refractivity contribution < 1.29 is 14.3 Å². The van der Waals surface area contributed by atoms with E-state index in [9.17, 15) is 4.79 Å². The van der Waals surface area contributed by atoms with Crippen molar-refractivity contribution in [3.63, 3.8) is 0 Å². The molecule has 0 unspecified atom stereocenters. The van der Waals surface area contributed by atoms with Crippen molar-refractivity contribution in [2.45, 2.75) is 0 Å². The predicted octanol–water partition coefficient (Wildman–Crippen LogP) is 1.80. The first-order valence-corrected chi connectivity index (χ1v) is 8.45. The number of carbonyl (C=O) groups is 1. The molecule has 2 rings (SSSR count). The van der Waals surface area contributed by atoms with Crippen LogP contribution in [0.3, 0.4) is 0 Å². The van der Waals surface area contributed by atoms with E-state index in [0.717, 1.165) is 11.3 Å². The molecule has 8 nitrogen and oxygen atoms in total. The Hall–Kier alpha value is -3.29. The molecule has 1 aromatic carbocycles. The molecule has 8 heteroatoms. The Labute approximate surface area is 159 Å². The van der Waals surface area contributed by atoms with Gasteiger partial charge < -0.3 is 25.0 Å². The van der Waals surface area contributed by atoms with Gasteiger partial charge in [-0.1, -0.05) is 6.07 Å². The molecule has 0 fully saturated rings. The Kier molecular flexibility index (Phi) is 7.42. The Morgan fingerprint density at radius 1 is 1.15 bits per heavy atom. The minimum absolute atomic E-state index is 0.181. The summed E-state index contributed by atoms with van der Waals surface area (Å²) in [7, 11) is 7.03. The lowest BCUT2D eigenvalue weighted by Crippen LogP contribution is -2.27. The fraction of sp³-hybridized carbons (Fsp3) is 0.316. The molecule has 0 aliphatic rings. The zero-order chi connectivity index (χ0) is 19.6. The average molecular weight is 371 g/mol. The maximum Gasteiger partial charge on any atom is 0.244 e. The summed E-state index contributed by atoms with van der Waals surface area (Å²) in [6.45, 7) is 1.00. The van der Waals surface area contributed by atoms with Gasteiger partial charge in [0.15, 0.2) is 17.3 Å². The first-order valence-electron chi connectivity index (χ1n) is 8.45. The lowest BCUT2D eigenvalue weighted by Gasteiger charge is -2.12. The Balaban J connectivity index is 1.79. The smallest absolute Gasteiger partial charge is 0.244 e. The molecule has 0 spiro atoms. The van der Waals surface area contributed by atoms with E-state index >= 15 is 0 Å². The van der Waals surface area contributed by atoms with E-state index in [-0.39, 0.29) is 5.91 Å². The van der Waals surface area contributed by atoms with Crippen molar-refractivity contribution >= 4 is 23.5 Å². The van der Waals surface area contributed by atoms with Crippen LogP contribution in [0.2, 0.25) is 0 Å². The van der Waals surface area contributed by atoms with Gasteiger partial charge in [-0.15, -0.1) is 5.10 Å². The molecular formula is C19H25N5O3. The van der Waals surface area contributed by atoms with Crippen LogP contribution in [-0.4, -0.2) is 57.5 Å². The van der Waals surface area contributed by atoms with E-state index in [4.69, 9.17) is 9.47 Å². The largest absolute Gasteiger partial charge is 0.493 e. The fourth-order valence-corrected chi connectivity index (χ4v) is 2.25. The third-order valence-electron chi connectivity index (χ3n) is 3.72. The van der Waals surface area contributed by atoms with Crippen molar-refractivity contribution in [3.05, 3.63) is 42.1 Å². The fourth-order valence-electron chi connectivity index (χ4n) is 2.25. The average Bonchev–Trinajstić information content (AvgIpc) is 2.69. The Morgan fingerprint density at radius 3 is 2.63 bits per heavy atom. The van der Waals surface area contributed by atoms with Crippen molar-refractivity contribution in [1.82, 2.24) is 15.5 Å². The number of ether oxygens (including phenoxy) is 2. The van der Waals surface area contributed by atoms with Crippen LogP contribution in [0, 0.1) is 0 Å². The van der Waals surface area contributed by atoms with E-state index in [1.54, 1.807) is 38.6 Å². The number of hydrogen-bond acceptors (Lipinski definition) is 7. The number of nitrogens with zero attached hydrogens (tertiary/aromatic N) is 3. The number of benzene rings is 1. The van der Waals surface area contributed by atoms with Crippen molar-refractivity contribution in [2.75, 3.05) is 51.6 Å². The SMILES string of the molecule is COc1ccc(/C=C/C(=O)NCCNc2cc(N(C)C)cnn2)cc1OC. The molecule has 0 radical (unpaired) electrons. The Bertz CT molecular complexity index is 793. The molecule has 0 bridgehead atoms. The first-order chi connectivity index (χ1) is 13.0. The summed E-state index contributed by atoms with van der Waals surface area (Å²) in [4.78, 5) is 13.9. The van der Waals surface area contributed by atoms with Gasteiger partial charge in [0, 0.05) is 39.3 Å². The Morgan fingerprint density at radius 2 is 1.93 bits per heavy atom. The maximum absolute atomic E-state index is 11.9. The highest BCUT2D eigenvalue weighted by Crippen LogP contribution is 2.27. The van der Waals surface area contributed by atoms with Gasteiger partial charge in [-0.25, -0.2) is 0 Å². The highest BCUT2D eigenvalue weighted by Gasteiger charge is 2.03. The van der Waals surface area contributed by atoms with Crippen LogP contribution in [0.15, 0.2) is 36.5 Å². The summed E-state index contributed by atoms with van der Waals surface area (Å²) in [5.74, 6) is 1.74. The van der Waals surface area contributed by atoms with Gasteiger partial charge in [-0.3, -0.25) is 4.79 Å². The van der Waals surface area contributed by atoms with Gasteiger partial charge in [0.05, 0.1) is 26.1 Å². The number of nitrogens with one attached hydrogen (secondary N) is 2. The van der Waals surface area contributed by atoms with Gasteiger partial charge in [-0.2, -0.15) is 5.10 Å². The number of anilines is 2. The van der Waals surface area contributed by atoms with Crippen LogP contribution < -0.4 is 25.0 Å². The molecule has 1 amide bonds. The predicted molar refractivity (Wildman–Crippen MR) is 106 cm³/mol. The van der Waals surface area contributed by atoms with E-state index < -0.39 is 0 Å². The number of methoxy groups -OCH3 is 2. The van der Waals surface area contributed by atoms with Crippen molar-refractivity contribution in [1.29, 1.82) is 0 Å². The van der Waals surface area contributed by atoms with Gasteiger partial charge >= 0.3 is 0 Å². The summed E-state index contributed by atoms with van der Waals surface area (Å²) in [5, 5.41) is 13.9. The summed E-state index contributed by atoms with van der Waals surface area (Å²) in [5.41, 5.74) is 1.80. The lowest BCUT2D eigenvalue weighted by molar-refractivity contribution is -0.116. The molecule has 144 valence electrons. The molecule has 1 aromatic heterocycles. The van der Waals surface area contributed by atoms with Crippen LogP contribution in [0.5, 0.6) is 11.5 Å². The molecule has 0 saturated carbocycles. The molecule has 2 aromatic rings. The second-order valence-electron chi connectivity index (χ2n) is 5.86. The lowest BCUT2D eigenvalue weighted by atomic mass is 10.2. The molecule has 0 aliphatic carbocycles. The third-order valence-corrected chi connectivity index (χ3v) is 3.72. The van der Waals surface area contributed by atoms with Gasteiger partial charge in [0.1, 0.15) is 0 Å². The highest BCUT2D eigenvalue weighted by atomic mass is 16.5. The molecule has 2 N–H and O–H groups in total. The van der Waals surface area contributed by atoms with Crippen LogP contribution in [0.1, 0.15) is 5.56 Å². The van der Waals surface area contributed by atoms with Crippen LogP contribution in [0.4, 0.5) is 11.5 Å². The normalized spacial score (nSPS) is 10.5.